The van der Waals surface area contributed by atoms with E-state index in [1.165, 1.54) is 0 Å². The van der Waals surface area contributed by atoms with Gasteiger partial charge >= 0.3 is 5.97 Å². The van der Waals surface area contributed by atoms with E-state index >= 15 is 0 Å². The van der Waals surface area contributed by atoms with Crippen LogP contribution in [0.5, 0.6) is 0 Å². The molecule has 0 aromatic carbocycles. The Bertz CT molecular complexity index is 183. The molecule has 0 atom stereocenters. The minimum atomic E-state index is -0.132. The third-order valence-corrected chi connectivity index (χ3v) is 2.99. The molecule has 1 aliphatic rings. The predicted molar refractivity (Wildman–Crippen MR) is 53.9 cm³/mol. The maximum absolute atomic E-state index is 11.2. The Morgan fingerprint density at radius 2 is 2.07 bits per heavy atom. The van der Waals surface area contributed by atoms with Crippen molar-refractivity contribution in [3.8, 4) is 0 Å². The van der Waals surface area contributed by atoms with Crippen LogP contribution < -0.4 is 0 Å². The monoisotopic (exact) mass is 200 g/mol. The molecule has 0 aromatic rings. The van der Waals surface area contributed by atoms with Gasteiger partial charge in [-0.15, -0.1) is 0 Å². The highest BCUT2D eigenvalue weighted by Crippen LogP contribution is 2.37. The quantitative estimate of drug-likeness (QED) is 0.689. The van der Waals surface area contributed by atoms with E-state index in [0.29, 0.717) is 13.0 Å². The minimum absolute atomic E-state index is 0.122. The highest BCUT2D eigenvalue weighted by atomic mass is 16.5. The van der Waals surface area contributed by atoms with Crippen LogP contribution in [0, 0.1) is 5.41 Å². The largest absolute Gasteiger partial charge is 0.465 e. The van der Waals surface area contributed by atoms with E-state index in [4.69, 9.17) is 4.74 Å². The fourth-order valence-electron chi connectivity index (χ4n) is 1.98. The zero-order valence-electron chi connectivity index (χ0n) is 8.92. The average Bonchev–Trinajstić information content (AvgIpc) is 2.65. The summed E-state index contributed by atoms with van der Waals surface area (Å²) >= 11 is 0. The normalized spacial score (nSPS) is 19.6. The van der Waals surface area contributed by atoms with Crippen molar-refractivity contribution in [3.05, 3.63) is 0 Å². The van der Waals surface area contributed by atoms with Crippen molar-refractivity contribution in [2.24, 2.45) is 5.41 Å². The van der Waals surface area contributed by atoms with Crippen molar-refractivity contribution in [2.45, 2.75) is 45.4 Å². The lowest BCUT2D eigenvalue weighted by Gasteiger charge is -2.25. The number of carbonyl (C=O) groups is 1. The third-order valence-electron chi connectivity index (χ3n) is 2.99. The number of rotatable bonds is 5. The number of carbonyl (C=O) groups excluding carboxylic acids is 1. The number of esters is 1. The summed E-state index contributed by atoms with van der Waals surface area (Å²) in [6.45, 7) is 2.51. The summed E-state index contributed by atoms with van der Waals surface area (Å²) < 4.78 is 5.16. The molecule has 0 aliphatic heterocycles. The average molecular weight is 200 g/mol. The molecule has 14 heavy (non-hydrogen) atoms. The van der Waals surface area contributed by atoms with Crippen LogP contribution in [0.25, 0.3) is 0 Å². The smallest absolute Gasteiger partial charge is 0.305 e. The first-order valence-electron chi connectivity index (χ1n) is 5.49. The van der Waals surface area contributed by atoms with Crippen molar-refractivity contribution < 1.29 is 14.6 Å². The van der Waals surface area contributed by atoms with Crippen molar-refractivity contribution in [2.75, 3.05) is 13.2 Å². The lowest BCUT2D eigenvalue weighted by molar-refractivity contribution is -0.148. The fraction of sp³-hybridized carbons (Fsp3) is 0.909. The van der Waals surface area contributed by atoms with Gasteiger partial charge < -0.3 is 9.84 Å². The van der Waals surface area contributed by atoms with Gasteiger partial charge in [-0.05, 0) is 19.3 Å². The molecule has 0 radical (unpaired) electrons. The first kappa shape index (κ1) is 11.5. The van der Waals surface area contributed by atoms with Crippen LogP contribution in [-0.2, 0) is 9.53 Å². The molecule has 0 amide bonds. The number of hydrogen-bond acceptors (Lipinski definition) is 3. The number of aliphatic hydroxyl groups excluding tert-OH is 1. The first-order chi connectivity index (χ1) is 6.72. The highest BCUT2D eigenvalue weighted by molar-refractivity contribution is 5.69. The van der Waals surface area contributed by atoms with Crippen LogP contribution in [0.2, 0.25) is 0 Å². The van der Waals surface area contributed by atoms with Crippen LogP contribution in [0.15, 0.2) is 0 Å². The minimum Gasteiger partial charge on any atom is -0.465 e. The van der Waals surface area contributed by atoms with Crippen molar-refractivity contribution in [1.82, 2.24) is 0 Å². The van der Waals surface area contributed by atoms with Gasteiger partial charge in [0.1, 0.15) is 0 Å². The maximum Gasteiger partial charge on any atom is 0.305 e. The van der Waals surface area contributed by atoms with Gasteiger partial charge in [-0.25, -0.2) is 0 Å². The second kappa shape index (κ2) is 5.35. The lowest BCUT2D eigenvalue weighted by atomic mass is 9.88. The molecule has 1 fully saturated rings. The molecule has 0 heterocycles. The van der Waals surface area contributed by atoms with Gasteiger partial charge in [-0.3, -0.25) is 4.79 Å². The zero-order chi connectivity index (χ0) is 10.4. The van der Waals surface area contributed by atoms with E-state index in [1.807, 2.05) is 6.92 Å². The Morgan fingerprint density at radius 3 is 2.57 bits per heavy atom. The molecule has 1 saturated carbocycles. The zero-order valence-corrected chi connectivity index (χ0v) is 8.92. The van der Waals surface area contributed by atoms with E-state index in [-0.39, 0.29) is 18.0 Å². The van der Waals surface area contributed by atoms with E-state index in [1.54, 1.807) is 0 Å². The molecule has 3 nitrogen and oxygen atoms in total. The van der Waals surface area contributed by atoms with Gasteiger partial charge in [0.2, 0.25) is 0 Å². The van der Waals surface area contributed by atoms with Crippen LogP contribution in [0.4, 0.5) is 0 Å². The van der Waals surface area contributed by atoms with Crippen LogP contribution in [-0.4, -0.2) is 24.3 Å². The molecule has 0 spiro atoms. The Kier molecular flexibility index (Phi) is 4.39. The summed E-state index contributed by atoms with van der Waals surface area (Å²) in [5, 5.41) is 9.27. The van der Waals surface area contributed by atoms with Gasteiger partial charge in [0.05, 0.1) is 13.2 Å². The molecule has 0 saturated heterocycles. The Labute approximate surface area is 85.5 Å². The summed E-state index contributed by atoms with van der Waals surface area (Å²) in [4.78, 5) is 11.2. The molecule has 0 aromatic heterocycles. The molecule has 1 N–H and O–H groups in total. The van der Waals surface area contributed by atoms with E-state index < -0.39 is 0 Å². The van der Waals surface area contributed by atoms with E-state index in [2.05, 4.69) is 0 Å². The molecular weight excluding hydrogens is 180 g/mol. The Morgan fingerprint density at radius 1 is 1.43 bits per heavy atom. The topological polar surface area (TPSA) is 46.5 Å². The Balaban J connectivity index is 2.30. The molecular formula is C11H20O3. The summed E-state index contributed by atoms with van der Waals surface area (Å²) in [7, 11) is 0. The van der Waals surface area contributed by atoms with E-state index in [9.17, 15) is 9.90 Å². The van der Waals surface area contributed by atoms with Crippen molar-refractivity contribution >= 4 is 5.97 Å². The second-order valence-electron chi connectivity index (χ2n) is 4.28. The van der Waals surface area contributed by atoms with Crippen molar-refractivity contribution in [1.29, 1.82) is 0 Å². The molecule has 0 bridgehead atoms. The van der Waals surface area contributed by atoms with Gasteiger partial charge in [-0.1, -0.05) is 19.8 Å². The molecule has 1 rings (SSSR count). The third kappa shape index (κ3) is 2.98. The molecule has 1 aliphatic carbocycles. The summed E-state index contributed by atoms with van der Waals surface area (Å²) in [6, 6.07) is 0. The lowest BCUT2D eigenvalue weighted by Crippen LogP contribution is -2.29. The van der Waals surface area contributed by atoms with Crippen LogP contribution in [0.1, 0.15) is 45.4 Å². The standard InChI is InChI=1S/C11H20O3/c1-2-5-10(13)14-9-11(8-12)6-3-4-7-11/h12H,2-9H2,1H3. The fourth-order valence-corrected chi connectivity index (χ4v) is 1.98. The summed E-state index contributed by atoms with van der Waals surface area (Å²) in [5.74, 6) is -0.132. The van der Waals surface area contributed by atoms with Gasteiger partial charge in [0, 0.05) is 11.8 Å². The summed E-state index contributed by atoms with van der Waals surface area (Å²) in [5.41, 5.74) is -0.122. The van der Waals surface area contributed by atoms with Crippen molar-refractivity contribution in [3.63, 3.8) is 0 Å². The van der Waals surface area contributed by atoms with Crippen LogP contribution >= 0.6 is 0 Å². The Hall–Kier alpha value is -0.570. The summed E-state index contributed by atoms with van der Waals surface area (Å²) in [6.07, 6.45) is 5.58. The molecule has 3 heteroatoms. The second-order valence-corrected chi connectivity index (χ2v) is 4.28. The van der Waals surface area contributed by atoms with Gasteiger partial charge in [-0.2, -0.15) is 0 Å². The van der Waals surface area contributed by atoms with Gasteiger partial charge in [0.15, 0.2) is 0 Å². The maximum atomic E-state index is 11.2. The number of ether oxygens (including phenoxy) is 1. The first-order valence-corrected chi connectivity index (χ1v) is 5.49. The molecule has 0 unspecified atom stereocenters. The van der Waals surface area contributed by atoms with E-state index in [0.717, 1.165) is 32.1 Å². The SMILES string of the molecule is CCCC(=O)OCC1(CO)CCCC1. The molecule has 82 valence electrons. The highest BCUT2D eigenvalue weighted by Gasteiger charge is 2.34. The van der Waals surface area contributed by atoms with Crippen LogP contribution in [0.3, 0.4) is 0 Å². The number of hydrogen-bond donors (Lipinski definition) is 1. The number of aliphatic hydroxyl groups is 1. The predicted octanol–water partition coefficient (Wildman–Crippen LogP) is 1.88. The van der Waals surface area contributed by atoms with Gasteiger partial charge in [0.25, 0.3) is 0 Å².